The van der Waals surface area contributed by atoms with Crippen molar-refractivity contribution in [2.75, 3.05) is 24.7 Å². The van der Waals surface area contributed by atoms with Crippen LogP contribution in [0, 0.1) is 0 Å². The van der Waals surface area contributed by atoms with Gasteiger partial charge >= 0.3 is 11.9 Å². The van der Waals surface area contributed by atoms with E-state index >= 15 is 0 Å². The predicted molar refractivity (Wildman–Crippen MR) is 102 cm³/mol. The standard InChI is InChI=1S/C17H18ClNO4S2/c1-3-22-12(20)9-24-17-13(10-5-7-11(18)8-6-10)14(19)15(25-17)16(21)23-4-2/h5-8H,3-4,9,19H2,1-2H3. The summed E-state index contributed by atoms with van der Waals surface area (Å²) >= 11 is 8.45. The first-order chi connectivity index (χ1) is 12.0. The molecule has 1 heterocycles. The van der Waals surface area contributed by atoms with E-state index in [1.165, 1.54) is 23.1 Å². The third kappa shape index (κ3) is 4.90. The highest BCUT2D eigenvalue weighted by Crippen LogP contribution is 2.45. The lowest BCUT2D eigenvalue weighted by molar-refractivity contribution is -0.139. The number of esters is 2. The van der Waals surface area contributed by atoms with E-state index in [0.717, 1.165) is 9.77 Å². The molecule has 0 unspecified atom stereocenters. The molecule has 25 heavy (non-hydrogen) atoms. The molecule has 0 fully saturated rings. The number of ether oxygens (including phenoxy) is 2. The summed E-state index contributed by atoms with van der Waals surface area (Å²) in [5, 5.41) is 0.601. The minimum absolute atomic E-state index is 0.136. The second-order valence-electron chi connectivity index (χ2n) is 4.83. The van der Waals surface area contributed by atoms with Crippen LogP contribution < -0.4 is 5.73 Å². The highest BCUT2D eigenvalue weighted by Gasteiger charge is 2.24. The number of carbonyl (C=O) groups is 2. The van der Waals surface area contributed by atoms with E-state index < -0.39 is 5.97 Å². The number of hydrogen-bond acceptors (Lipinski definition) is 7. The average Bonchev–Trinajstić information content (AvgIpc) is 2.91. The lowest BCUT2D eigenvalue weighted by atomic mass is 10.1. The molecular formula is C17H18ClNO4S2. The van der Waals surface area contributed by atoms with Crippen molar-refractivity contribution in [1.82, 2.24) is 0 Å². The Morgan fingerprint density at radius 2 is 1.80 bits per heavy atom. The number of benzene rings is 1. The Balaban J connectivity index is 2.40. The first kappa shape index (κ1) is 19.6. The van der Waals surface area contributed by atoms with Crippen molar-refractivity contribution in [3.05, 3.63) is 34.2 Å². The summed E-state index contributed by atoms with van der Waals surface area (Å²) in [5.74, 6) is -0.654. The van der Waals surface area contributed by atoms with Crippen LogP contribution >= 0.6 is 34.7 Å². The Kier molecular flexibility index (Phi) is 7.16. The third-order valence-electron chi connectivity index (χ3n) is 3.13. The molecule has 0 saturated carbocycles. The van der Waals surface area contributed by atoms with E-state index in [2.05, 4.69) is 0 Å². The SMILES string of the molecule is CCOC(=O)CSc1sc(C(=O)OCC)c(N)c1-c1ccc(Cl)cc1. The number of anilines is 1. The molecule has 5 nitrogen and oxygen atoms in total. The van der Waals surface area contributed by atoms with Crippen LogP contribution in [-0.4, -0.2) is 30.9 Å². The Morgan fingerprint density at radius 3 is 2.40 bits per heavy atom. The minimum atomic E-state index is -0.469. The number of nitrogens with two attached hydrogens (primary N) is 1. The van der Waals surface area contributed by atoms with Crippen LogP contribution in [0.5, 0.6) is 0 Å². The number of carbonyl (C=O) groups excluding carboxylic acids is 2. The number of thioether (sulfide) groups is 1. The summed E-state index contributed by atoms with van der Waals surface area (Å²) in [6.07, 6.45) is 0. The third-order valence-corrected chi connectivity index (χ3v) is 5.82. The molecule has 0 aliphatic rings. The van der Waals surface area contributed by atoms with Gasteiger partial charge in [0.05, 0.1) is 28.9 Å². The van der Waals surface area contributed by atoms with Gasteiger partial charge in [0, 0.05) is 10.6 Å². The molecule has 0 radical (unpaired) electrons. The second kappa shape index (κ2) is 9.12. The smallest absolute Gasteiger partial charge is 0.350 e. The molecule has 134 valence electrons. The summed E-state index contributed by atoms with van der Waals surface area (Å²) in [6, 6.07) is 7.14. The van der Waals surface area contributed by atoms with Gasteiger partial charge in [0.2, 0.25) is 0 Å². The summed E-state index contributed by atoms with van der Waals surface area (Å²) in [4.78, 5) is 24.1. The highest BCUT2D eigenvalue weighted by atomic mass is 35.5. The van der Waals surface area contributed by atoms with E-state index in [1.54, 1.807) is 26.0 Å². The maximum Gasteiger partial charge on any atom is 0.350 e. The molecule has 0 bridgehead atoms. The van der Waals surface area contributed by atoms with Crippen LogP contribution in [0.1, 0.15) is 23.5 Å². The Hall–Kier alpha value is -1.70. The molecule has 8 heteroatoms. The van der Waals surface area contributed by atoms with Gasteiger partial charge in [0.25, 0.3) is 0 Å². The molecule has 2 N–H and O–H groups in total. The van der Waals surface area contributed by atoms with Crippen LogP contribution in [0.4, 0.5) is 5.69 Å². The van der Waals surface area contributed by atoms with Gasteiger partial charge in [-0.1, -0.05) is 23.7 Å². The maximum atomic E-state index is 12.1. The second-order valence-corrected chi connectivity index (χ2v) is 7.53. The van der Waals surface area contributed by atoms with Crippen LogP contribution in [0.25, 0.3) is 11.1 Å². The predicted octanol–water partition coefficient (Wildman–Crippen LogP) is 4.48. The first-order valence-electron chi connectivity index (χ1n) is 7.61. The van der Waals surface area contributed by atoms with Crippen molar-refractivity contribution in [1.29, 1.82) is 0 Å². The zero-order valence-corrected chi connectivity index (χ0v) is 16.2. The zero-order valence-electron chi connectivity index (χ0n) is 13.8. The van der Waals surface area contributed by atoms with Crippen molar-refractivity contribution < 1.29 is 19.1 Å². The Bertz CT molecular complexity index is 759. The summed E-state index contributed by atoms with van der Waals surface area (Å²) in [5.41, 5.74) is 8.09. The average molecular weight is 400 g/mol. The van der Waals surface area contributed by atoms with Crippen LogP contribution in [-0.2, 0) is 14.3 Å². The molecule has 0 spiro atoms. The van der Waals surface area contributed by atoms with Crippen LogP contribution in [0.2, 0.25) is 5.02 Å². The van der Waals surface area contributed by atoms with Crippen LogP contribution in [0.15, 0.2) is 28.5 Å². The Morgan fingerprint density at radius 1 is 1.16 bits per heavy atom. The molecule has 0 amide bonds. The van der Waals surface area contributed by atoms with Gasteiger partial charge in [-0.2, -0.15) is 0 Å². The number of rotatable bonds is 7. The fourth-order valence-corrected chi connectivity index (χ4v) is 4.45. The molecule has 0 atom stereocenters. The molecule has 1 aromatic heterocycles. The summed E-state index contributed by atoms with van der Waals surface area (Å²) in [6.45, 7) is 4.07. The lowest BCUT2D eigenvalue weighted by Crippen LogP contribution is -2.06. The van der Waals surface area contributed by atoms with Gasteiger partial charge < -0.3 is 15.2 Å². The normalized spacial score (nSPS) is 10.5. The molecule has 1 aromatic carbocycles. The monoisotopic (exact) mass is 399 g/mol. The van der Waals surface area contributed by atoms with Gasteiger partial charge in [-0.15, -0.1) is 23.1 Å². The van der Waals surface area contributed by atoms with Crippen LogP contribution in [0.3, 0.4) is 0 Å². The minimum Gasteiger partial charge on any atom is -0.465 e. The largest absolute Gasteiger partial charge is 0.465 e. The topological polar surface area (TPSA) is 78.6 Å². The van der Waals surface area contributed by atoms with Gasteiger partial charge in [-0.3, -0.25) is 4.79 Å². The number of hydrogen-bond donors (Lipinski definition) is 1. The number of thiophene rings is 1. The van der Waals surface area contributed by atoms with E-state index in [0.29, 0.717) is 27.8 Å². The van der Waals surface area contributed by atoms with E-state index in [1.807, 2.05) is 12.1 Å². The summed E-state index contributed by atoms with van der Waals surface area (Å²) < 4.78 is 10.8. The molecular weight excluding hydrogens is 382 g/mol. The van der Waals surface area contributed by atoms with Crippen molar-refractivity contribution in [2.24, 2.45) is 0 Å². The highest BCUT2D eigenvalue weighted by molar-refractivity contribution is 8.01. The fourth-order valence-electron chi connectivity index (χ4n) is 2.09. The molecule has 0 aliphatic carbocycles. The van der Waals surface area contributed by atoms with Crippen molar-refractivity contribution in [3.8, 4) is 11.1 Å². The van der Waals surface area contributed by atoms with Gasteiger partial charge in [0.15, 0.2) is 0 Å². The Labute approximate surface area is 159 Å². The lowest BCUT2D eigenvalue weighted by Gasteiger charge is -2.06. The molecule has 0 aliphatic heterocycles. The van der Waals surface area contributed by atoms with Crippen molar-refractivity contribution >= 4 is 52.3 Å². The summed E-state index contributed by atoms with van der Waals surface area (Å²) in [7, 11) is 0. The number of halogens is 1. The quantitative estimate of drug-likeness (QED) is 0.546. The van der Waals surface area contributed by atoms with Gasteiger partial charge in [-0.05, 0) is 31.5 Å². The van der Waals surface area contributed by atoms with Crippen molar-refractivity contribution in [2.45, 2.75) is 18.1 Å². The molecule has 2 rings (SSSR count). The van der Waals surface area contributed by atoms with Gasteiger partial charge in [0.1, 0.15) is 4.88 Å². The van der Waals surface area contributed by atoms with E-state index in [9.17, 15) is 9.59 Å². The number of nitrogen functional groups attached to an aromatic ring is 1. The fraction of sp³-hybridized carbons (Fsp3) is 0.294. The van der Waals surface area contributed by atoms with E-state index in [4.69, 9.17) is 26.8 Å². The first-order valence-corrected chi connectivity index (χ1v) is 9.79. The van der Waals surface area contributed by atoms with E-state index in [-0.39, 0.29) is 18.3 Å². The molecule has 2 aromatic rings. The molecule has 0 saturated heterocycles. The maximum absolute atomic E-state index is 12.1. The zero-order chi connectivity index (χ0) is 18.4. The van der Waals surface area contributed by atoms with Crippen molar-refractivity contribution in [3.63, 3.8) is 0 Å². The van der Waals surface area contributed by atoms with Gasteiger partial charge in [-0.25, -0.2) is 4.79 Å².